The summed E-state index contributed by atoms with van der Waals surface area (Å²) in [7, 11) is 3.14. The SMILES string of the molecule is COc1cc2c(cc1OC)CN(C(=O)C(=O)Nc1cc(C)on1)CC2. The molecule has 1 N–H and O–H groups in total. The molecule has 0 saturated carbocycles. The second-order valence-electron chi connectivity index (χ2n) is 5.73. The quantitative estimate of drug-likeness (QED) is 0.848. The maximum atomic E-state index is 12.4. The van der Waals surface area contributed by atoms with Gasteiger partial charge in [0.05, 0.1) is 14.2 Å². The van der Waals surface area contributed by atoms with Crippen molar-refractivity contribution >= 4 is 17.6 Å². The lowest BCUT2D eigenvalue weighted by atomic mass is 9.98. The van der Waals surface area contributed by atoms with Crippen molar-refractivity contribution in [3.8, 4) is 11.5 Å². The number of nitrogens with one attached hydrogen (secondary N) is 1. The Morgan fingerprint density at radius 2 is 1.84 bits per heavy atom. The van der Waals surface area contributed by atoms with E-state index in [1.165, 1.54) is 4.90 Å². The molecule has 0 aliphatic carbocycles. The molecule has 2 amide bonds. The molecule has 8 nitrogen and oxygen atoms in total. The predicted octanol–water partition coefficient (Wildman–Crippen LogP) is 1.52. The molecule has 0 unspecified atom stereocenters. The molecule has 0 radical (unpaired) electrons. The molecule has 0 atom stereocenters. The van der Waals surface area contributed by atoms with Crippen molar-refractivity contribution in [2.24, 2.45) is 0 Å². The number of amides is 2. The van der Waals surface area contributed by atoms with Crippen molar-refractivity contribution in [1.82, 2.24) is 10.1 Å². The molecule has 1 aromatic heterocycles. The first-order chi connectivity index (χ1) is 12.0. The highest BCUT2D eigenvalue weighted by molar-refractivity contribution is 6.39. The molecule has 2 heterocycles. The van der Waals surface area contributed by atoms with Crippen LogP contribution in [0, 0.1) is 6.92 Å². The summed E-state index contributed by atoms with van der Waals surface area (Å²) < 4.78 is 15.5. The second kappa shape index (κ2) is 6.84. The zero-order valence-electron chi connectivity index (χ0n) is 14.3. The smallest absolute Gasteiger partial charge is 0.315 e. The average Bonchev–Trinajstić information content (AvgIpc) is 3.03. The van der Waals surface area contributed by atoms with Gasteiger partial charge in [0.15, 0.2) is 17.3 Å². The Kier molecular flexibility index (Phi) is 4.60. The number of hydrogen-bond donors (Lipinski definition) is 1. The molecule has 132 valence electrons. The number of aryl methyl sites for hydroxylation is 1. The lowest BCUT2D eigenvalue weighted by Gasteiger charge is -2.29. The molecule has 1 aromatic carbocycles. The van der Waals surface area contributed by atoms with Crippen LogP contribution in [0.1, 0.15) is 16.9 Å². The van der Waals surface area contributed by atoms with E-state index >= 15 is 0 Å². The Labute approximate surface area is 144 Å². The molecule has 0 spiro atoms. The lowest BCUT2D eigenvalue weighted by Crippen LogP contribution is -2.42. The number of nitrogens with zero attached hydrogens (tertiary/aromatic N) is 2. The topological polar surface area (TPSA) is 93.9 Å². The molecular formula is C17H19N3O5. The van der Waals surface area contributed by atoms with E-state index in [1.54, 1.807) is 27.2 Å². The number of aromatic nitrogens is 1. The molecule has 2 aromatic rings. The van der Waals surface area contributed by atoms with E-state index in [0.29, 0.717) is 36.8 Å². The van der Waals surface area contributed by atoms with E-state index in [4.69, 9.17) is 14.0 Å². The Balaban J connectivity index is 1.73. The summed E-state index contributed by atoms with van der Waals surface area (Å²) in [5, 5.41) is 6.10. The minimum Gasteiger partial charge on any atom is -0.493 e. The standard InChI is InChI=1S/C17H19N3O5/c1-10-6-15(19-25-10)18-16(21)17(22)20-5-4-11-7-13(23-2)14(24-3)8-12(11)9-20/h6-8H,4-5,9H2,1-3H3,(H,18,19,21). The van der Waals surface area contributed by atoms with Gasteiger partial charge in [0.1, 0.15) is 5.76 Å². The van der Waals surface area contributed by atoms with Crippen LogP contribution in [0.25, 0.3) is 0 Å². The lowest BCUT2D eigenvalue weighted by molar-refractivity contribution is -0.143. The normalized spacial score (nSPS) is 13.2. The predicted molar refractivity (Wildman–Crippen MR) is 88.5 cm³/mol. The van der Waals surface area contributed by atoms with Crippen molar-refractivity contribution < 1.29 is 23.6 Å². The number of benzene rings is 1. The molecule has 1 aliphatic rings. The third-order valence-electron chi connectivity index (χ3n) is 4.07. The van der Waals surface area contributed by atoms with Gasteiger partial charge in [-0.25, -0.2) is 0 Å². The number of rotatable bonds is 3. The van der Waals surface area contributed by atoms with Crippen LogP contribution in [-0.4, -0.2) is 42.6 Å². The van der Waals surface area contributed by atoms with Crippen LogP contribution in [0.15, 0.2) is 22.7 Å². The van der Waals surface area contributed by atoms with Gasteiger partial charge in [-0.15, -0.1) is 0 Å². The number of fused-ring (bicyclic) bond motifs is 1. The van der Waals surface area contributed by atoms with Gasteiger partial charge < -0.3 is 18.9 Å². The zero-order valence-corrected chi connectivity index (χ0v) is 14.3. The highest BCUT2D eigenvalue weighted by atomic mass is 16.5. The Bertz CT molecular complexity index is 815. The van der Waals surface area contributed by atoms with Crippen LogP contribution in [0.3, 0.4) is 0 Å². The van der Waals surface area contributed by atoms with Crippen molar-refractivity contribution in [2.75, 3.05) is 26.1 Å². The Hall–Kier alpha value is -3.03. The summed E-state index contributed by atoms with van der Waals surface area (Å²) in [6.45, 7) is 2.49. The summed E-state index contributed by atoms with van der Waals surface area (Å²) in [5.74, 6) is 0.673. The van der Waals surface area contributed by atoms with E-state index in [1.807, 2.05) is 12.1 Å². The first-order valence-corrected chi connectivity index (χ1v) is 7.79. The fourth-order valence-electron chi connectivity index (χ4n) is 2.80. The van der Waals surface area contributed by atoms with Gasteiger partial charge in [0.2, 0.25) is 0 Å². The van der Waals surface area contributed by atoms with Crippen LogP contribution in [-0.2, 0) is 22.6 Å². The number of ether oxygens (including phenoxy) is 2. The number of hydrogen-bond acceptors (Lipinski definition) is 6. The van der Waals surface area contributed by atoms with Crippen LogP contribution >= 0.6 is 0 Å². The maximum Gasteiger partial charge on any atom is 0.315 e. The minimum absolute atomic E-state index is 0.222. The van der Waals surface area contributed by atoms with Gasteiger partial charge in [0, 0.05) is 19.2 Å². The largest absolute Gasteiger partial charge is 0.493 e. The van der Waals surface area contributed by atoms with E-state index in [-0.39, 0.29) is 5.82 Å². The average molecular weight is 345 g/mol. The third-order valence-corrected chi connectivity index (χ3v) is 4.07. The molecular weight excluding hydrogens is 326 g/mol. The van der Waals surface area contributed by atoms with E-state index < -0.39 is 11.8 Å². The maximum absolute atomic E-state index is 12.4. The monoisotopic (exact) mass is 345 g/mol. The summed E-state index contributed by atoms with van der Waals surface area (Å²) in [6, 6.07) is 5.30. The van der Waals surface area contributed by atoms with Crippen LogP contribution in [0.2, 0.25) is 0 Å². The van der Waals surface area contributed by atoms with Crippen molar-refractivity contribution in [2.45, 2.75) is 19.9 Å². The highest BCUT2D eigenvalue weighted by Gasteiger charge is 2.27. The fraction of sp³-hybridized carbons (Fsp3) is 0.353. The Morgan fingerprint density at radius 1 is 1.16 bits per heavy atom. The highest BCUT2D eigenvalue weighted by Crippen LogP contribution is 2.33. The van der Waals surface area contributed by atoms with Crippen molar-refractivity contribution in [3.63, 3.8) is 0 Å². The first-order valence-electron chi connectivity index (χ1n) is 7.79. The van der Waals surface area contributed by atoms with E-state index in [2.05, 4.69) is 10.5 Å². The van der Waals surface area contributed by atoms with Crippen LogP contribution in [0.4, 0.5) is 5.82 Å². The summed E-state index contributed by atoms with van der Waals surface area (Å²) in [4.78, 5) is 26.0. The minimum atomic E-state index is -0.739. The molecule has 8 heteroatoms. The van der Waals surface area contributed by atoms with Gasteiger partial charge in [-0.05, 0) is 36.6 Å². The molecule has 0 bridgehead atoms. The Morgan fingerprint density at radius 3 is 2.44 bits per heavy atom. The van der Waals surface area contributed by atoms with Gasteiger partial charge in [-0.2, -0.15) is 0 Å². The van der Waals surface area contributed by atoms with Crippen LogP contribution in [0.5, 0.6) is 11.5 Å². The van der Waals surface area contributed by atoms with Gasteiger partial charge in [-0.3, -0.25) is 14.9 Å². The molecule has 0 saturated heterocycles. The number of methoxy groups -OCH3 is 2. The number of anilines is 1. The van der Waals surface area contributed by atoms with E-state index in [9.17, 15) is 9.59 Å². The third kappa shape index (κ3) is 3.42. The molecule has 25 heavy (non-hydrogen) atoms. The van der Waals surface area contributed by atoms with Crippen molar-refractivity contribution in [3.05, 3.63) is 35.1 Å². The number of carbonyl (C=O) groups excluding carboxylic acids is 2. The van der Waals surface area contributed by atoms with Crippen molar-refractivity contribution in [1.29, 1.82) is 0 Å². The molecule has 1 aliphatic heterocycles. The molecule has 0 fully saturated rings. The fourth-order valence-corrected chi connectivity index (χ4v) is 2.80. The zero-order chi connectivity index (χ0) is 18.0. The van der Waals surface area contributed by atoms with Gasteiger partial charge >= 0.3 is 11.8 Å². The molecule has 3 rings (SSSR count). The van der Waals surface area contributed by atoms with Gasteiger partial charge in [0.25, 0.3) is 0 Å². The summed E-state index contributed by atoms with van der Waals surface area (Å²) >= 11 is 0. The second-order valence-corrected chi connectivity index (χ2v) is 5.73. The van der Waals surface area contributed by atoms with E-state index in [0.717, 1.165) is 11.1 Å². The van der Waals surface area contributed by atoms with Gasteiger partial charge in [-0.1, -0.05) is 5.16 Å². The summed E-state index contributed by atoms with van der Waals surface area (Å²) in [5.41, 5.74) is 2.01. The number of carbonyl (C=O) groups is 2. The first kappa shape index (κ1) is 16.8. The summed E-state index contributed by atoms with van der Waals surface area (Å²) in [6.07, 6.45) is 0.637. The van der Waals surface area contributed by atoms with Crippen LogP contribution < -0.4 is 14.8 Å².